The van der Waals surface area contributed by atoms with Gasteiger partial charge in [0.05, 0.1) is 0 Å². The van der Waals surface area contributed by atoms with Gasteiger partial charge in [-0.1, -0.05) is 20.8 Å². The SMILES string of the molecule is CC.CCC1(CCN)CNCN1. The number of hydrogen-bond donors (Lipinski definition) is 3. The molecule has 1 fully saturated rings. The third-order valence-corrected chi connectivity index (χ3v) is 2.35. The lowest BCUT2D eigenvalue weighted by Gasteiger charge is -2.26. The normalized spacial score (nSPS) is 28.0. The predicted molar refractivity (Wildman–Crippen MR) is 54.0 cm³/mol. The van der Waals surface area contributed by atoms with Crippen LogP contribution in [0.2, 0.25) is 0 Å². The molecule has 1 aliphatic heterocycles. The minimum Gasteiger partial charge on any atom is -0.330 e. The van der Waals surface area contributed by atoms with E-state index in [0.29, 0.717) is 5.54 Å². The molecule has 1 rings (SSSR count). The zero-order valence-corrected chi connectivity index (χ0v) is 8.61. The van der Waals surface area contributed by atoms with Gasteiger partial charge in [0.15, 0.2) is 0 Å². The Kier molecular flexibility index (Phi) is 6.34. The summed E-state index contributed by atoms with van der Waals surface area (Å²) in [6.45, 7) is 8.99. The molecule has 1 atom stereocenters. The van der Waals surface area contributed by atoms with Crippen LogP contribution in [0.3, 0.4) is 0 Å². The maximum atomic E-state index is 5.50. The molecule has 1 saturated heterocycles. The van der Waals surface area contributed by atoms with Crippen molar-refractivity contribution < 1.29 is 0 Å². The van der Waals surface area contributed by atoms with Crippen molar-refractivity contribution in [3.63, 3.8) is 0 Å². The second-order valence-electron chi connectivity index (χ2n) is 2.95. The average molecular weight is 173 g/mol. The molecule has 0 spiro atoms. The summed E-state index contributed by atoms with van der Waals surface area (Å²) in [5.41, 5.74) is 5.80. The van der Waals surface area contributed by atoms with E-state index in [1.54, 1.807) is 0 Å². The molecular weight excluding hydrogens is 150 g/mol. The molecule has 12 heavy (non-hydrogen) atoms. The standard InChI is InChI=1S/C7H17N3.C2H6/c1-2-7(3-4-8)5-9-6-10-7;1-2/h9-10H,2-6,8H2,1H3;1-2H3. The van der Waals surface area contributed by atoms with Gasteiger partial charge in [-0.15, -0.1) is 0 Å². The molecule has 3 nitrogen and oxygen atoms in total. The molecule has 0 aliphatic carbocycles. The molecule has 0 aromatic rings. The Bertz CT molecular complexity index is 97.9. The van der Waals surface area contributed by atoms with Crippen LogP contribution in [0.15, 0.2) is 0 Å². The predicted octanol–water partition coefficient (Wildman–Crippen LogP) is 0.661. The zero-order valence-electron chi connectivity index (χ0n) is 8.61. The third kappa shape index (κ3) is 3.09. The van der Waals surface area contributed by atoms with Crippen molar-refractivity contribution in [3.8, 4) is 0 Å². The Labute approximate surface area is 76.1 Å². The highest BCUT2D eigenvalue weighted by molar-refractivity contribution is 4.93. The van der Waals surface area contributed by atoms with Gasteiger partial charge in [0.25, 0.3) is 0 Å². The average Bonchev–Trinajstić information content (AvgIpc) is 2.58. The fraction of sp³-hybridized carbons (Fsp3) is 1.00. The molecule has 1 unspecified atom stereocenters. The monoisotopic (exact) mass is 173 g/mol. The van der Waals surface area contributed by atoms with Crippen molar-refractivity contribution in [1.82, 2.24) is 10.6 Å². The van der Waals surface area contributed by atoms with Gasteiger partial charge >= 0.3 is 0 Å². The first kappa shape index (κ1) is 11.9. The van der Waals surface area contributed by atoms with E-state index >= 15 is 0 Å². The molecule has 0 aromatic heterocycles. The van der Waals surface area contributed by atoms with Crippen molar-refractivity contribution in [1.29, 1.82) is 0 Å². The summed E-state index contributed by atoms with van der Waals surface area (Å²) < 4.78 is 0. The first-order valence-electron chi connectivity index (χ1n) is 4.99. The molecule has 3 heteroatoms. The summed E-state index contributed by atoms with van der Waals surface area (Å²) in [6.07, 6.45) is 2.24. The lowest BCUT2D eigenvalue weighted by atomic mass is 9.93. The van der Waals surface area contributed by atoms with Crippen LogP contribution in [-0.4, -0.2) is 25.3 Å². The highest BCUT2D eigenvalue weighted by Gasteiger charge is 2.29. The molecule has 0 saturated carbocycles. The molecule has 1 heterocycles. The Morgan fingerprint density at radius 3 is 2.42 bits per heavy atom. The van der Waals surface area contributed by atoms with Crippen LogP contribution in [0, 0.1) is 0 Å². The summed E-state index contributed by atoms with van der Waals surface area (Å²) in [6, 6.07) is 0. The molecule has 74 valence electrons. The summed E-state index contributed by atoms with van der Waals surface area (Å²) >= 11 is 0. The van der Waals surface area contributed by atoms with Crippen molar-refractivity contribution in [2.75, 3.05) is 19.8 Å². The number of rotatable bonds is 3. The lowest BCUT2D eigenvalue weighted by molar-refractivity contribution is 0.362. The van der Waals surface area contributed by atoms with E-state index in [2.05, 4.69) is 17.6 Å². The van der Waals surface area contributed by atoms with Crippen molar-refractivity contribution in [3.05, 3.63) is 0 Å². The van der Waals surface area contributed by atoms with Crippen LogP contribution in [0.5, 0.6) is 0 Å². The number of nitrogens with two attached hydrogens (primary N) is 1. The third-order valence-electron chi connectivity index (χ3n) is 2.35. The summed E-state index contributed by atoms with van der Waals surface area (Å²) in [5.74, 6) is 0. The number of nitrogens with one attached hydrogen (secondary N) is 2. The van der Waals surface area contributed by atoms with Gasteiger partial charge in [-0.05, 0) is 19.4 Å². The van der Waals surface area contributed by atoms with Crippen molar-refractivity contribution >= 4 is 0 Å². The second kappa shape index (κ2) is 6.40. The maximum Gasteiger partial charge on any atom is 0.0459 e. The lowest BCUT2D eigenvalue weighted by Crippen LogP contribution is -2.43. The Balaban J connectivity index is 0.000000561. The Hall–Kier alpha value is -0.120. The molecular formula is C9H23N3. The van der Waals surface area contributed by atoms with Gasteiger partial charge in [-0.2, -0.15) is 0 Å². The molecule has 0 aromatic carbocycles. The first-order valence-corrected chi connectivity index (χ1v) is 4.99. The van der Waals surface area contributed by atoms with Gasteiger partial charge in [0.2, 0.25) is 0 Å². The molecule has 0 radical (unpaired) electrons. The summed E-state index contributed by atoms with van der Waals surface area (Å²) in [4.78, 5) is 0. The number of hydrogen-bond acceptors (Lipinski definition) is 3. The molecule has 1 aliphatic rings. The van der Waals surface area contributed by atoms with Gasteiger partial charge in [0.1, 0.15) is 0 Å². The van der Waals surface area contributed by atoms with Gasteiger partial charge < -0.3 is 11.1 Å². The fourth-order valence-electron chi connectivity index (χ4n) is 1.49. The molecule has 0 amide bonds. The van der Waals surface area contributed by atoms with Gasteiger partial charge in [-0.3, -0.25) is 5.32 Å². The highest BCUT2D eigenvalue weighted by atomic mass is 15.2. The van der Waals surface area contributed by atoms with Crippen LogP contribution in [-0.2, 0) is 0 Å². The van der Waals surface area contributed by atoms with Gasteiger partial charge in [-0.25, -0.2) is 0 Å². The van der Waals surface area contributed by atoms with Crippen LogP contribution in [0.1, 0.15) is 33.6 Å². The highest BCUT2D eigenvalue weighted by Crippen LogP contribution is 2.15. The van der Waals surface area contributed by atoms with E-state index in [4.69, 9.17) is 5.73 Å². The van der Waals surface area contributed by atoms with Crippen molar-refractivity contribution in [2.45, 2.75) is 39.2 Å². The van der Waals surface area contributed by atoms with Crippen molar-refractivity contribution in [2.24, 2.45) is 5.73 Å². The summed E-state index contributed by atoms with van der Waals surface area (Å²) in [5, 5.41) is 6.71. The van der Waals surface area contributed by atoms with E-state index in [0.717, 1.165) is 32.6 Å². The minimum atomic E-state index is 0.300. The van der Waals surface area contributed by atoms with E-state index < -0.39 is 0 Å². The Morgan fingerprint density at radius 1 is 1.42 bits per heavy atom. The van der Waals surface area contributed by atoms with E-state index in [9.17, 15) is 0 Å². The topological polar surface area (TPSA) is 50.1 Å². The van der Waals surface area contributed by atoms with E-state index in [-0.39, 0.29) is 0 Å². The fourth-order valence-corrected chi connectivity index (χ4v) is 1.49. The minimum absolute atomic E-state index is 0.300. The first-order chi connectivity index (χ1) is 5.83. The molecule has 0 bridgehead atoms. The smallest absolute Gasteiger partial charge is 0.0459 e. The van der Waals surface area contributed by atoms with Gasteiger partial charge in [0, 0.05) is 18.8 Å². The summed E-state index contributed by atoms with van der Waals surface area (Å²) in [7, 11) is 0. The van der Waals surface area contributed by atoms with E-state index in [1.807, 2.05) is 13.8 Å². The zero-order chi connectivity index (χ0) is 9.45. The van der Waals surface area contributed by atoms with Crippen LogP contribution in [0.25, 0.3) is 0 Å². The quantitative estimate of drug-likeness (QED) is 0.587. The second-order valence-corrected chi connectivity index (χ2v) is 2.95. The van der Waals surface area contributed by atoms with E-state index in [1.165, 1.54) is 0 Å². The van der Waals surface area contributed by atoms with Crippen LogP contribution >= 0.6 is 0 Å². The Morgan fingerprint density at radius 2 is 2.08 bits per heavy atom. The largest absolute Gasteiger partial charge is 0.330 e. The maximum absolute atomic E-state index is 5.50. The molecule has 4 N–H and O–H groups in total. The van der Waals surface area contributed by atoms with Crippen LogP contribution in [0.4, 0.5) is 0 Å². The van der Waals surface area contributed by atoms with Crippen LogP contribution < -0.4 is 16.4 Å².